The van der Waals surface area contributed by atoms with Crippen LogP contribution in [0.2, 0.25) is 0 Å². The van der Waals surface area contributed by atoms with Crippen LogP contribution in [0.5, 0.6) is 57.5 Å². The second kappa shape index (κ2) is 21.6. The average molecular weight is 966 g/mol. The normalized spacial score (nSPS) is 11.5. The molecule has 2 heterocycles. The van der Waals surface area contributed by atoms with E-state index >= 15 is 0 Å². The third-order valence-electron chi connectivity index (χ3n) is 12.3. The summed E-state index contributed by atoms with van der Waals surface area (Å²) in [6, 6.07) is 20.5. The molecule has 16 heteroatoms. The predicted molar refractivity (Wildman–Crippen MR) is 267 cm³/mol. The molecule has 0 aliphatic carbocycles. The highest BCUT2D eigenvalue weighted by atomic mass is 32.2. The molecular formula is C53H61N2O13S+. The number of rotatable bonds is 19. The Morgan fingerprint density at radius 3 is 0.913 bits per heavy atom. The lowest BCUT2D eigenvalue weighted by atomic mass is 9.99. The Hall–Kier alpha value is -6.91. The maximum absolute atomic E-state index is 9.08. The van der Waals surface area contributed by atoms with E-state index in [4.69, 9.17) is 60.3 Å². The first-order valence-corrected chi connectivity index (χ1v) is 24.3. The van der Waals surface area contributed by atoms with Crippen molar-refractivity contribution >= 4 is 75.0 Å². The van der Waals surface area contributed by atoms with Gasteiger partial charge in [-0.3, -0.25) is 0 Å². The van der Waals surface area contributed by atoms with Crippen LogP contribution in [0, 0.1) is 0 Å². The van der Waals surface area contributed by atoms with Crippen molar-refractivity contribution in [1.29, 1.82) is 0 Å². The van der Waals surface area contributed by atoms with Gasteiger partial charge in [0.05, 0.1) is 113 Å². The van der Waals surface area contributed by atoms with Gasteiger partial charge in [0.1, 0.15) is 25.6 Å². The van der Waals surface area contributed by atoms with Gasteiger partial charge in [0, 0.05) is 27.8 Å². The number of unbranched alkanes of at least 4 members (excludes halogenated alkanes) is 5. The fourth-order valence-corrected chi connectivity index (χ4v) is 9.10. The maximum Gasteiger partial charge on any atom is 0.221 e. The number of nitrogens with zero attached hydrogens (tertiary/aromatic N) is 2. The fourth-order valence-electron chi connectivity index (χ4n) is 9.10. The quantitative estimate of drug-likeness (QED) is 0.0327. The third kappa shape index (κ3) is 10.6. The van der Waals surface area contributed by atoms with Gasteiger partial charge in [-0.1, -0.05) is 25.7 Å². The number of aryl methyl sites for hydroxylation is 2. The standard InChI is InChI=1S/C52H58N2O10.CH4O3S/c1-53-29-31-19-43(55-3)45(57-5)21-33(31)37-25-41(35-23-47(59-7)49(61-9)27-39(35)51(37)53)63-17-15-13-11-12-14-16-18-64-42-26-38-34-22-46(58-6)44(56-4)20-32(34)30-54(2)52(38)40-28-50(62-10)48(60-8)24-36(40)42;1-5(2,3)4/h19-30H,11-18H2,1-10H3;1H3,(H,2,3,4)/q+2;/p-1. The van der Waals surface area contributed by atoms with Crippen LogP contribution < -0.4 is 56.5 Å². The minimum atomic E-state index is -3.92. The van der Waals surface area contributed by atoms with Crippen molar-refractivity contribution in [2.45, 2.75) is 38.5 Å². The number of fused-ring (bicyclic) bond motifs is 10. The first-order chi connectivity index (χ1) is 33.2. The molecule has 0 saturated heterocycles. The van der Waals surface area contributed by atoms with Crippen molar-refractivity contribution in [1.82, 2.24) is 0 Å². The monoisotopic (exact) mass is 965 g/mol. The third-order valence-corrected chi connectivity index (χ3v) is 12.3. The zero-order valence-corrected chi connectivity index (χ0v) is 42.0. The van der Waals surface area contributed by atoms with E-state index in [1.54, 1.807) is 56.9 Å². The summed E-state index contributed by atoms with van der Waals surface area (Å²) in [5.74, 6) is 6.89. The first-order valence-electron chi connectivity index (χ1n) is 22.5. The zero-order chi connectivity index (χ0) is 49.6. The molecule has 6 aromatic carbocycles. The summed E-state index contributed by atoms with van der Waals surface area (Å²) in [6.07, 6.45) is 11.0. The molecule has 0 radical (unpaired) electrons. The van der Waals surface area contributed by atoms with Crippen LogP contribution in [-0.2, 0) is 24.2 Å². The molecule has 0 atom stereocenters. The minimum Gasteiger partial charge on any atom is -0.748 e. The minimum absolute atomic E-state index is 0.584. The summed E-state index contributed by atoms with van der Waals surface area (Å²) >= 11 is 0. The molecule has 0 saturated carbocycles. The molecule has 0 aliphatic heterocycles. The Balaban J connectivity index is 0.00000134. The second-order valence-electron chi connectivity index (χ2n) is 16.6. The summed E-state index contributed by atoms with van der Waals surface area (Å²) in [4.78, 5) is 0. The van der Waals surface area contributed by atoms with Gasteiger partial charge in [-0.2, -0.15) is 9.13 Å². The van der Waals surface area contributed by atoms with Gasteiger partial charge in [-0.05, 0) is 73.5 Å². The van der Waals surface area contributed by atoms with Crippen molar-refractivity contribution in [3.8, 4) is 57.5 Å². The highest BCUT2D eigenvalue weighted by Gasteiger charge is 2.24. The lowest BCUT2D eigenvalue weighted by Gasteiger charge is -2.16. The van der Waals surface area contributed by atoms with Crippen LogP contribution >= 0.6 is 0 Å². The second-order valence-corrected chi connectivity index (χ2v) is 18.0. The first kappa shape index (κ1) is 50.0. The van der Waals surface area contributed by atoms with Gasteiger partial charge in [-0.25, -0.2) is 8.42 Å². The van der Waals surface area contributed by atoms with Crippen LogP contribution in [0.4, 0.5) is 0 Å². The smallest absolute Gasteiger partial charge is 0.221 e. The Labute approximate surface area is 402 Å². The van der Waals surface area contributed by atoms with E-state index in [1.807, 2.05) is 48.5 Å². The number of hydrogen-bond donors (Lipinski definition) is 0. The Kier molecular flexibility index (Phi) is 15.6. The zero-order valence-electron chi connectivity index (χ0n) is 41.2. The Morgan fingerprint density at radius 2 is 0.609 bits per heavy atom. The molecule has 366 valence electrons. The summed E-state index contributed by atoms with van der Waals surface area (Å²) < 4.78 is 90.4. The summed E-state index contributed by atoms with van der Waals surface area (Å²) in [5, 5.41) is 10.1. The highest BCUT2D eigenvalue weighted by Crippen LogP contribution is 2.45. The predicted octanol–water partition coefficient (Wildman–Crippen LogP) is 9.28. The number of methoxy groups -OCH3 is 8. The van der Waals surface area contributed by atoms with E-state index in [1.165, 1.54) is 0 Å². The van der Waals surface area contributed by atoms with E-state index in [9.17, 15) is 0 Å². The van der Waals surface area contributed by atoms with E-state index in [0.717, 1.165) is 115 Å². The topological polar surface area (TPSA) is 157 Å². The van der Waals surface area contributed by atoms with Crippen molar-refractivity contribution in [2.24, 2.45) is 14.1 Å². The van der Waals surface area contributed by atoms with E-state index in [-0.39, 0.29) is 0 Å². The number of hydrogen-bond acceptors (Lipinski definition) is 13. The van der Waals surface area contributed by atoms with Crippen molar-refractivity contribution in [3.63, 3.8) is 0 Å². The lowest BCUT2D eigenvalue weighted by Crippen LogP contribution is -2.28. The van der Waals surface area contributed by atoms with Gasteiger partial charge >= 0.3 is 0 Å². The molecule has 0 aliphatic rings. The number of aromatic nitrogens is 2. The molecule has 15 nitrogen and oxygen atoms in total. The van der Waals surface area contributed by atoms with Gasteiger partial charge in [-0.15, -0.1) is 0 Å². The van der Waals surface area contributed by atoms with Crippen LogP contribution in [-0.4, -0.2) is 89.3 Å². The number of benzene rings is 6. The summed E-state index contributed by atoms with van der Waals surface area (Å²) in [5.41, 5.74) is 2.09. The van der Waals surface area contributed by atoms with Crippen LogP contribution in [0.15, 0.2) is 73.1 Å². The average Bonchev–Trinajstić information content (AvgIpc) is 3.34. The molecule has 0 unspecified atom stereocenters. The molecule has 2 aromatic heterocycles. The lowest BCUT2D eigenvalue weighted by molar-refractivity contribution is -0.642. The van der Waals surface area contributed by atoms with Crippen molar-refractivity contribution in [2.75, 3.05) is 76.3 Å². The number of ether oxygens (including phenoxy) is 10. The summed E-state index contributed by atoms with van der Waals surface area (Å²) in [7, 11) is 13.4. The largest absolute Gasteiger partial charge is 0.748 e. The van der Waals surface area contributed by atoms with Crippen molar-refractivity contribution in [3.05, 3.63) is 73.1 Å². The van der Waals surface area contributed by atoms with Gasteiger partial charge in [0.25, 0.3) is 0 Å². The van der Waals surface area contributed by atoms with Crippen LogP contribution in [0.3, 0.4) is 0 Å². The molecule has 0 spiro atoms. The Morgan fingerprint density at radius 1 is 0.377 bits per heavy atom. The molecule has 0 fully saturated rings. The number of pyridine rings is 2. The molecule has 69 heavy (non-hydrogen) atoms. The van der Waals surface area contributed by atoms with E-state index in [2.05, 4.69) is 47.8 Å². The molecule has 0 bridgehead atoms. The van der Waals surface area contributed by atoms with Gasteiger partial charge in [0.15, 0.2) is 58.4 Å². The SMILES string of the molecule is COc1cc2c[n+](C)c3c4cc(OC)c(OC)cc4c(OCCCCCCCCOc4cc5c6cc(OC)c(OC)cc6c[n+](C)c5c5cc(OC)c(OC)cc45)cc3c2cc1OC.CS(=O)(=O)[O-]. The molecule has 0 N–H and O–H groups in total. The van der Waals surface area contributed by atoms with Crippen LogP contribution in [0.25, 0.3) is 64.9 Å². The van der Waals surface area contributed by atoms with E-state index < -0.39 is 10.1 Å². The van der Waals surface area contributed by atoms with Crippen molar-refractivity contribution < 1.29 is 69.5 Å². The molecule has 8 rings (SSSR count). The van der Waals surface area contributed by atoms with Gasteiger partial charge in [0.2, 0.25) is 11.0 Å². The maximum atomic E-state index is 9.08. The summed E-state index contributed by atoms with van der Waals surface area (Å²) in [6.45, 7) is 1.17. The molecular weight excluding hydrogens is 905 g/mol. The Bertz CT molecular complexity index is 3090. The van der Waals surface area contributed by atoms with Crippen LogP contribution in [0.1, 0.15) is 38.5 Å². The van der Waals surface area contributed by atoms with Gasteiger partial charge < -0.3 is 51.9 Å². The highest BCUT2D eigenvalue weighted by molar-refractivity contribution is 7.84. The molecule has 0 amide bonds. The van der Waals surface area contributed by atoms with E-state index in [0.29, 0.717) is 65.5 Å². The molecule has 8 aromatic rings. The fraction of sp³-hybridized carbons (Fsp3) is 0.358.